The Balaban J connectivity index is 3.13. The van der Waals surface area contributed by atoms with Gasteiger partial charge in [-0.25, -0.2) is 8.78 Å². The first kappa shape index (κ1) is 8.46. The molecule has 1 aromatic carbocycles. The zero-order valence-corrected chi connectivity index (χ0v) is 7.11. The summed E-state index contributed by atoms with van der Waals surface area (Å²) in [4.78, 5) is 0. The van der Waals surface area contributed by atoms with E-state index in [9.17, 15) is 8.78 Å². The third-order valence-electron chi connectivity index (χ3n) is 1.26. The maximum absolute atomic E-state index is 12.1. The molecule has 0 radical (unpaired) electrons. The Bertz CT molecular complexity index is 263. The number of nitrogens with two attached hydrogens (primary N) is 1. The van der Waals surface area contributed by atoms with Gasteiger partial charge in [0.15, 0.2) is 0 Å². The van der Waals surface area contributed by atoms with Crippen LogP contribution in [0.5, 0.6) is 0 Å². The van der Waals surface area contributed by atoms with Crippen LogP contribution in [0.3, 0.4) is 0 Å². The first-order valence-corrected chi connectivity index (χ1v) is 3.73. The van der Waals surface area contributed by atoms with Gasteiger partial charge in [0.2, 0.25) is 0 Å². The number of hydrogen-bond acceptors (Lipinski definition) is 1. The zero-order valence-electron chi connectivity index (χ0n) is 5.52. The molecule has 0 unspecified atom stereocenters. The normalized spacial score (nSPS) is 10.5. The van der Waals surface area contributed by atoms with Crippen molar-refractivity contribution in [3.8, 4) is 0 Å². The number of anilines is 1. The summed E-state index contributed by atoms with van der Waals surface area (Å²) >= 11 is 3.00. The minimum absolute atomic E-state index is 0.0648. The summed E-state index contributed by atoms with van der Waals surface area (Å²) in [7, 11) is 0. The van der Waals surface area contributed by atoms with Crippen LogP contribution in [-0.2, 0) is 0 Å². The molecule has 1 rings (SSSR count). The highest BCUT2D eigenvalue weighted by molar-refractivity contribution is 9.10. The smallest absolute Gasteiger partial charge is 0.265 e. The van der Waals surface area contributed by atoms with E-state index in [0.29, 0.717) is 10.2 Å². The molecule has 0 aromatic heterocycles. The van der Waals surface area contributed by atoms with Gasteiger partial charge in [-0.05, 0) is 18.2 Å². The molecule has 0 heterocycles. The second-order valence-corrected chi connectivity index (χ2v) is 2.94. The van der Waals surface area contributed by atoms with Crippen molar-refractivity contribution in [2.24, 2.45) is 0 Å². The van der Waals surface area contributed by atoms with E-state index in [1.807, 2.05) is 0 Å². The highest BCUT2D eigenvalue weighted by Gasteiger charge is 2.10. The van der Waals surface area contributed by atoms with Crippen molar-refractivity contribution >= 4 is 21.6 Å². The van der Waals surface area contributed by atoms with E-state index >= 15 is 0 Å². The molecule has 0 aliphatic carbocycles. The number of rotatable bonds is 1. The van der Waals surface area contributed by atoms with Crippen molar-refractivity contribution in [2.75, 3.05) is 5.73 Å². The van der Waals surface area contributed by atoms with Crippen LogP contribution >= 0.6 is 15.9 Å². The van der Waals surface area contributed by atoms with E-state index in [0.717, 1.165) is 0 Å². The van der Waals surface area contributed by atoms with Crippen LogP contribution in [0, 0.1) is 0 Å². The Hall–Kier alpha value is -0.640. The molecule has 60 valence electrons. The van der Waals surface area contributed by atoms with Gasteiger partial charge >= 0.3 is 0 Å². The Morgan fingerprint density at radius 1 is 1.36 bits per heavy atom. The third kappa shape index (κ3) is 1.89. The van der Waals surface area contributed by atoms with E-state index < -0.39 is 6.43 Å². The predicted molar refractivity (Wildman–Crippen MR) is 43.5 cm³/mol. The quantitative estimate of drug-likeness (QED) is 0.726. The van der Waals surface area contributed by atoms with Crippen molar-refractivity contribution in [3.05, 3.63) is 28.2 Å². The van der Waals surface area contributed by atoms with Gasteiger partial charge in [0.1, 0.15) is 0 Å². The molecule has 0 saturated carbocycles. The highest BCUT2D eigenvalue weighted by Crippen LogP contribution is 2.28. The van der Waals surface area contributed by atoms with Crippen LogP contribution in [0.25, 0.3) is 0 Å². The number of benzene rings is 1. The van der Waals surface area contributed by atoms with Gasteiger partial charge in [-0.1, -0.05) is 15.9 Å². The van der Waals surface area contributed by atoms with Gasteiger partial charge in [-0.15, -0.1) is 0 Å². The van der Waals surface area contributed by atoms with Crippen molar-refractivity contribution in [2.45, 2.75) is 6.43 Å². The molecule has 11 heavy (non-hydrogen) atoms. The lowest BCUT2D eigenvalue weighted by atomic mass is 10.2. The van der Waals surface area contributed by atoms with E-state index in [1.165, 1.54) is 12.1 Å². The maximum Gasteiger partial charge on any atom is 0.265 e. The highest BCUT2D eigenvalue weighted by atomic mass is 79.9. The molecule has 0 bridgehead atoms. The predicted octanol–water partition coefficient (Wildman–Crippen LogP) is 2.97. The second kappa shape index (κ2) is 3.17. The Kier molecular flexibility index (Phi) is 2.44. The molecular weight excluding hydrogens is 216 g/mol. The summed E-state index contributed by atoms with van der Waals surface area (Å²) in [5.74, 6) is 0. The number of hydrogen-bond donors (Lipinski definition) is 1. The molecule has 1 aromatic rings. The Morgan fingerprint density at radius 3 is 2.45 bits per heavy atom. The van der Waals surface area contributed by atoms with Crippen LogP contribution in [0.4, 0.5) is 14.5 Å². The summed E-state index contributed by atoms with van der Waals surface area (Å²) in [6.45, 7) is 0. The minimum atomic E-state index is -2.48. The van der Waals surface area contributed by atoms with Gasteiger partial charge in [0.05, 0.1) is 0 Å². The van der Waals surface area contributed by atoms with Crippen LogP contribution in [-0.4, -0.2) is 0 Å². The van der Waals surface area contributed by atoms with E-state index in [2.05, 4.69) is 15.9 Å². The fraction of sp³-hybridized carbons (Fsp3) is 0.143. The van der Waals surface area contributed by atoms with Gasteiger partial charge < -0.3 is 5.73 Å². The SMILES string of the molecule is Nc1ccc(Br)c(C(F)F)c1. The summed E-state index contributed by atoms with van der Waals surface area (Å²) in [6.07, 6.45) is -2.48. The lowest BCUT2D eigenvalue weighted by Crippen LogP contribution is -1.90. The molecule has 2 N–H and O–H groups in total. The lowest BCUT2D eigenvalue weighted by Gasteiger charge is -2.02. The molecule has 0 aliphatic heterocycles. The van der Waals surface area contributed by atoms with Crippen LogP contribution < -0.4 is 5.73 Å². The van der Waals surface area contributed by atoms with Crippen LogP contribution in [0.1, 0.15) is 12.0 Å². The molecule has 0 spiro atoms. The molecular formula is C7H6BrF2N. The molecule has 0 amide bonds. The summed E-state index contributed by atoms with van der Waals surface area (Å²) in [6, 6.07) is 4.33. The first-order chi connectivity index (χ1) is 5.11. The van der Waals surface area contributed by atoms with Gasteiger partial charge in [-0.2, -0.15) is 0 Å². The molecule has 0 saturated heterocycles. The van der Waals surface area contributed by atoms with Gasteiger partial charge in [0, 0.05) is 15.7 Å². The molecule has 0 atom stereocenters. The fourth-order valence-electron chi connectivity index (χ4n) is 0.729. The van der Waals surface area contributed by atoms with E-state index in [1.54, 1.807) is 6.07 Å². The summed E-state index contributed by atoms with van der Waals surface area (Å²) in [5, 5.41) is 0. The maximum atomic E-state index is 12.1. The second-order valence-electron chi connectivity index (χ2n) is 2.08. The summed E-state index contributed by atoms with van der Waals surface area (Å²) < 4.78 is 24.6. The van der Waals surface area contributed by atoms with Gasteiger partial charge in [0.25, 0.3) is 6.43 Å². The monoisotopic (exact) mass is 221 g/mol. The number of alkyl halides is 2. The minimum Gasteiger partial charge on any atom is -0.399 e. The average molecular weight is 222 g/mol. The zero-order chi connectivity index (χ0) is 8.43. The largest absolute Gasteiger partial charge is 0.399 e. The lowest BCUT2D eigenvalue weighted by molar-refractivity contribution is 0.150. The van der Waals surface area contributed by atoms with Gasteiger partial charge in [-0.3, -0.25) is 0 Å². The summed E-state index contributed by atoms with van der Waals surface area (Å²) in [5.41, 5.74) is 5.60. The molecule has 4 heteroatoms. The molecule has 0 aliphatic rings. The number of nitrogen functional groups attached to an aromatic ring is 1. The first-order valence-electron chi connectivity index (χ1n) is 2.94. The standard InChI is InChI=1S/C7H6BrF2N/c8-6-2-1-4(11)3-5(6)7(9)10/h1-3,7H,11H2. The van der Waals surface area contributed by atoms with Crippen LogP contribution in [0.15, 0.2) is 22.7 Å². The Morgan fingerprint density at radius 2 is 2.00 bits per heavy atom. The molecule has 1 nitrogen and oxygen atoms in total. The van der Waals surface area contributed by atoms with Crippen molar-refractivity contribution < 1.29 is 8.78 Å². The average Bonchev–Trinajstić information content (AvgIpc) is 1.94. The molecule has 0 fully saturated rings. The van der Waals surface area contributed by atoms with Crippen molar-refractivity contribution in [1.29, 1.82) is 0 Å². The van der Waals surface area contributed by atoms with Crippen molar-refractivity contribution in [1.82, 2.24) is 0 Å². The number of halogens is 3. The van der Waals surface area contributed by atoms with Crippen LogP contribution in [0.2, 0.25) is 0 Å². The third-order valence-corrected chi connectivity index (χ3v) is 1.98. The van der Waals surface area contributed by atoms with E-state index in [-0.39, 0.29) is 5.56 Å². The fourth-order valence-corrected chi connectivity index (χ4v) is 1.15. The van der Waals surface area contributed by atoms with Crippen molar-refractivity contribution in [3.63, 3.8) is 0 Å². The topological polar surface area (TPSA) is 26.0 Å². The Labute approximate surface area is 71.3 Å². The van der Waals surface area contributed by atoms with E-state index in [4.69, 9.17) is 5.73 Å².